The van der Waals surface area contributed by atoms with E-state index in [9.17, 15) is 5.11 Å². The van der Waals surface area contributed by atoms with E-state index in [1.165, 1.54) is 15.3 Å². The Labute approximate surface area is 95.1 Å². The van der Waals surface area contributed by atoms with Crippen LogP contribution in [0.4, 0.5) is 0 Å². The molecule has 0 amide bonds. The fourth-order valence-corrected chi connectivity index (χ4v) is 3.45. The lowest BCUT2D eigenvalue weighted by atomic mass is 9.96. The maximum atomic E-state index is 9.84. The number of aryl methyl sites for hydroxylation is 1. The van der Waals surface area contributed by atoms with Gasteiger partial charge in [-0.15, -0.1) is 11.3 Å². The predicted molar refractivity (Wildman–Crippen MR) is 64.2 cm³/mol. The third-order valence-electron chi connectivity index (χ3n) is 3.12. The van der Waals surface area contributed by atoms with Gasteiger partial charge in [-0.05, 0) is 43.7 Å². The van der Waals surface area contributed by atoms with Crippen LogP contribution in [0.2, 0.25) is 0 Å². The van der Waals surface area contributed by atoms with Gasteiger partial charge in [-0.1, -0.05) is 6.92 Å². The van der Waals surface area contributed by atoms with Crippen LogP contribution in [0.3, 0.4) is 0 Å². The Hall–Kier alpha value is -0.380. The molecule has 0 saturated heterocycles. The Morgan fingerprint density at radius 3 is 3.13 bits per heavy atom. The Morgan fingerprint density at radius 1 is 1.67 bits per heavy atom. The quantitative estimate of drug-likeness (QED) is 0.829. The van der Waals surface area contributed by atoms with Gasteiger partial charge >= 0.3 is 0 Å². The third kappa shape index (κ3) is 2.41. The summed E-state index contributed by atoms with van der Waals surface area (Å²) >= 11 is 1.84. The molecule has 0 bridgehead atoms. The molecule has 2 unspecified atom stereocenters. The Morgan fingerprint density at radius 2 is 2.47 bits per heavy atom. The number of thiophene rings is 1. The summed E-state index contributed by atoms with van der Waals surface area (Å²) in [4.78, 5) is 2.72. The Bertz CT molecular complexity index is 334. The van der Waals surface area contributed by atoms with Crippen LogP contribution in [0.1, 0.15) is 47.6 Å². The van der Waals surface area contributed by atoms with Crippen LogP contribution in [0.15, 0.2) is 6.07 Å². The largest absolute Gasteiger partial charge is 0.388 e. The van der Waals surface area contributed by atoms with Crippen LogP contribution >= 0.6 is 11.3 Å². The fraction of sp³-hybridized carbons (Fsp3) is 0.667. The van der Waals surface area contributed by atoms with Gasteiger partial charge in [-0.25, -0.2) is 0 Å². The first-order valence-corrected chi connectivity index (χ1v) is 6.57. The van der Waals surface area contributed by atoms with E-state index in [1.807, 2.05) is 11.3 Å². The van der Waals surface area contributed by atoms with E-state index in [4.69, 9.17) is 5.73 Å². The first-order valence-electron chi connectivity index (χ1n) is 5.75. The maximum absolute atomic E-state index is 9.84. The second-order valence-corrected chi connectivity index (χ2v) is 5.59. The second-order valence-electron chi connectivity index (χ2n) is 4.37. The number of nitrogens with two attached hydrogens (primary N) is 1. The molecule has 0 radical (unpaired) electrons. The summed E-state index contributed by atoms with van der Waals surface area (Å²) in [6, 6.07) is 2.43. The molecule has 2 atom stereocenters. The van der Waals surface area contributed by atoms with E-state index >= 15 is 0 Å². The smallest absolute Gasteiger partial charge is 0.0801 e. The van der Waals surface area contributed by atoms with E-state index in [2.05, 4.69) is 13.0 Å². The summed E-state index contributed by atoms with van der Waals surface area (Å²) in [5.41, 5.74) is 7.11. The number of aliphatic hydroxyl groups is 1. The van der Waals surface area contributed by atoms with E-state index in [-0.39, 0.29) is 12.1 Å². The second kappa shape index (κ2) is 4.64. The lowest BCUT2D eigenvalue weighted by Gasteiger charge is -2.16. The highest BCUT2D eigenvalue weighted by Crippen LogP contribution is 2.35. The van der Waals surface area contributed by atoms with E-state index in [0.29, 0.717) is 0 Å². The standard InChI is InChI=1S/C12H19NOS/c1-2-8(13)6-9-7-10-11(14)4-3-5-12(10)15-9/h7-8,11,14H,2-6,13H2,1H3. The third-order valence-corrected chi connectivity index (χ3v) is 4.35. The zero-order valence-corrected chi connectivity index (χ0v) is 10.0. The summed E-state index contributed by atoms with van der Waals surface area (Å²) in [6.07, 6.45) is 4.93. The van der Waals surface area contributed by atoms with Gasteiger partial charge in [0.15, 0.2) is 0 Å². The first kappa shape index (κ1) is 11.1. The number of rotatable bonds is 3. The molecule has 2 rings (SSSR count). The van der Waals surface area contributed by atoms with Gasteiger partial charge in [-0.2, -0.15) is 0 Å². The van der Waals surface area contributed by atoms with Crippen molar-refractivity contribution in [1.82, 2.24) is 0 Å². The van der Waals surface area contributed by atoms with Gasteiger partial charge in [0.1, 0.15) is 0 Å². The Balaban J connectivity index is 2.14. The van der Waals surface area contributed by atoms with Crippen molar-refractivity contribution in [2.24, 2.45) is 5.73 Å². The van der Waals surface area contributed by atoms with Crippen molar-refractivity contribution in [3.8, 4) is 0 Å². The molecular weight excluding hydrogens is 206 g/mol. The maximum Gasteiger partial charge on any atom is 0.0801 e. The topological polar surface area (TPSA) is 46.2 Å². The highest BCUT2D eigenvalue weighted by Gasteiger charge is 2.21. The molecule has 1 aromatic heterocycles. The molecule has 0 aliphatic heterocycles. The average molecular weight is 225 g/mol. The molecule has 1 heterocycles. The van der Waals surface area contributed by atoms with Crippen LogP contribution in [0, 0.1) is 0 Å². The molecule has 3 heteroatoms. The highest BCUT2D eigenvalue weighted by molar-refractivity contribution is 7.12. The first-order chi connectivity index (χ1) is 7.20. The SMILES string of the molecule is CCC(N)Cc1cc2c(s1)CCCC2O. The van der Waals surface area contributed by atoms with Crippen LogP contribution in [-0.2, 0) is 12.8 Å². The van der Waals surface area contributed by atoms with Crippen molar-refractivity contribution in [3.05, 3.63) is 21.4 Å². The fourth-order valence-electron chi connectivity index (χ4n) is 2.09. The number of hydrogen-bond donors (Lipinski definition) is 2. The van der Waals surface area contributed by atoms with Crippen LogP contribution < -0.4 is 5.73 Å². The van der Waals surface area contributed by atoms with Crippen molar-refractivity contribution in [2.75, 3.05) is 0 Å². The molecule has 2 nitrogen and oxygen atoms in total. The molecule has 15 heavy (non-hydrogen) atoms. The number of hydrogen-bond acceptors (Lipinski definition) is 3. The monoisotopic (exact) mass is 225 g/mol. The molecule has 0 fully saturated rings. The molecule has 0 saturated carbocycles. The van der Waals surface area contributed by atoms with Gasteiger partial charge in [0.05, 0.1) is 6.10 Å². The molecule has 0 aromatic carbocycles. The minimum absolute atomic E-state index is 0.225. The van der Waals surface area contributed by atoms with Crippen molar-refractivity contribution in [2.45, 2.75) is 51.2 Å². The number of fused-ring (bicyclic) bond motifs is 1. The van der Waals surface area contributed by atoms with Gasteiger partial charge < -0.3 is 10.8 Å². The lowest BCUT2D eigenvalue weighted by molar-refractivity contribution is 0.157. The van der Waals surface area contributed by atoms with Crippen LogP contribution in [0.5, 0.6) is 0 Å². The van der Waals surface area contributed by atoms with Crippen LogP contribution in [-0.4, -0.2) is 11.1 Å². The molecule has 3 N–H and O–H groups in total. The van der Waals surface area contributed by atoms with Gasteiger partial charge in [0.25, 0.3) is 0 Å². The van der Waals surface area contributed by atoms with Crippen LogP contribution in [0.25, 0.3) is 0 Å². The predicted octanol–water partition coefficient (Wildman–Crippen LogP) is 2.40. The summed E-state index contributed by atoms with van der Waals surface area (Å²) in [5, 5.41) is 9.84. The highest BCUT2D eigenvalue weighted by atomic mass is 32.1. The lowest BCUT2D eigenvalue weighted by Crippen LogP contribution is -2.20. The zero-order valence-electron chi connectivity index (χ0n) is 9.20. The van der Waals surface area contributed by atoms with E-state index in [0.717, 1.165) is 32.1 Å². The van der Waals surface area contributed by atoms with Gasteiger partial charge in [-0.3, -0.25) is 0 Å². The molecule has 1 aromatic rings. The molecule has 84 valence electrons. The van der Waals surface area contributed by atoms with Gasteiger partial charge in [0.2, 0.25) is 0 Å². The molecule has 1 aliphatic carbocycles. The minimum Gasteiger partial charge on any atom is -0.388 e. The average Bonchev–Trinajstić information content (AvgIpc) is 2.62. The zero-order chi connectivity index (χ0) is 10.8. The van der Waals surface area contributed by atoms with Crippen molar-refractivity contribution < 1.29 is 5.11 Å². The molecule has 1 aliphatic rings. The summed E-state index contributed by atoms with van der Waals surface area (Å²) < 4.78 is 0. The van der Waals surface area contributed by atoms with Crippen molar-refractivity contribution >= 4 is 11.3 Å². The molecule has 0 spiro atoms. The van der Waals surface area contributed by atoms with E-state index < -0.39 is 0 Å². The summed E-state index contributed by atoms with van der Waals surface area (Å²) in [7, 11) is 0. The number of aliphatic hydroxyl groups excluding tert-OH is 1. The normalized spacial score (nSPS) is 22.5. The Kier molecular flexibility index (Phi) is 3.44. The summed E-state index contributed by atoms with van der Waals surface area (Å²) in [5.74, 6) is 0. The summed E-state index contributed by atoms with van der Waals surface area (Å²) in [6.45, 7) is 2.12. The van der Waals surface area contributed by atoms with Crippen molar-refractivity contribution in [1.29, 1.82) is 0 Å². The van der Waals surface area contributed by atoms with Crippen molar-refractivity contribution in [3.63, 3.8) is 0 Å². The van der Waals surface area contributed by atoms with E-state index in [1.54, 1.807) is 0 Å². The minimum atomic E-state index is -0.225. The molecular formula is C12H19NOS. The van der Waals surface area contributed by atoms with Gasteiger partial charge in [0, 0.05) is 15.8 Å².